The Bertz CT molecular complexity index is 2460. The molecule has 0 saturated heterocycles. The molecule has 1 aliphatic heterocycles. The number of fused-ring (bicyclic) bond motifs is 6. The Hall–Kier alpha value is -5.19. The molecular weight excluding hydrogens is 599 g/mol. The molecule has 1 aliphatic carbocycles. The van der Waals surface area contributed by atoms with Gasteiger partial charge in [0.05, 0.1) is 16.9 Å². The number of para-hydroxylation sites is 2. The first-order valence-electron chi connectivity index (χ1n) is 16.9. The van der Waals surface area contributed by atoms with Crippen molar-refractivity contribution in [3.63, 3.8) is 0 Å². The van der Waals surface area contributed by atoms with Gasteiger partial charge in [0, 0.05) is 37.1 Å². The maximum atomic E-state index is 2.52. The molecule has 9 rings (SSSR count). The molecule has 4 heteroatoms. The molecule has 2 nitrogen and oxygen atoms in total. The van der Waals surface area contributed by atoms with Crippen LogP contribution in [0.5, 0.6) is 0 Å². The van der Waals surface area contributed by atoms with Gasteiger partial charge in [0.1, 0.15) is 0 Å². The van der Waals surface area contributed by atoms with Gasteiger partial charge in [-0.1, -0.05) is 148 Å². The van der Waals surface area contributed by atoms with E-state index in [0.717, 1.165) is 12.8 Å². The topological polar surface area (TPSA) is 8.17 Å². The molecule has 0 amide bonds. The van der Waals surface area contributed by atoms with E-state index >= 15 is 0 Å². The fourth-order valence-corrected chi connectivity index (χ4v) is 8.90. The van der Waals surface area contributed by atoms with Gasteiger partial charge in [0.2, 0.25) is 6.71 Å². The van der Waals surface area contributed by atoms with E-state index in [1.165, 1.54) is 81.5 Å². The highest BCUT2D eigenvalue weighted by molar-refractivity contribution is 7.99. The minimum absolute atomic E-state index is 0.151. The molecule has 0 radical (unpaired) electrons. The summed E-state index contributed by atoms with van der Waals surface area (Å²) in [5, 5.41) is 3.96. The predicted octanol–water partition coefficient (Wildman–Crippen LogP) is 8.05. The Balaban J connectivity index is 1.30. The maximum absolute atomic E-state index is 2.52. The zero-order valence-corrected chi connectivity index (χ0v) is 28.0. The van der Waals surface area contributed by atoms with Crippen LogP contribution < -0.4 is 31.9 Å². The number of rotatable bonds is 5. The molecule has 0 unspecified atom stereocenters. The van der Waals surface area contributed by atoms with E-state index in [9.17, 15) is 0 Å². The molecule has 0 bridgehead atoms. The van der Waals surface area contributed by atoms with E-state index in [1.54, 1.807) is 0 Å². The van der Waals surface area contributed by atoms with Crippen LogP contribution in [0.3, 0.4) is 0 Å². The van der Waals surface area contributed by atoms with Crippen molar-refractivity contribution >= 4 is 75.0 Å². The van der Waals surface area contributed by atoms with Crippen molar-refractivity contribution in [3.8, 4) is 5.69 Å². The summed E-state index contributed by atoms with van der Waals surface area (Å²) in [7, 11) is 0. The minimum atomic E-state index is 0.151. The maximum Gasteiger partial charge on any atom is 0.241 e. The summed E-state index contributed by atoms with van der Waals surface area (Å²) in [6.45, 7) is 4.67. The van der Waals surface area contributed by atoms with E-state index in [0.29, 0.717) is 0 Å². The van der Waals surface area contributed by atoms with Gasteiger partial charge in [-0.15, -0.1) is 0 Å². The second-order valence-corrected chi connectivity index (χ2v) is 14.0. The summed E-state index contributed by atoms with van der Waals surface area (Å²) < 4.78 is 2.51. The van der Waals surface area contributed by atoms with Crippen molar-refractivity contribution < 1.29 is 0 Å². The summed E-state index contributed by atoms with van der Waals surface area (Å²) in [4.78, 5) is 5.07. The standard InChI is InChI=1S/C44H35BN2S/c1-30-15-9-11-21-37(30)45(32-16-5-3-6-17-32)38-27-25-34(29-31(38)2)47-40-23-13-14-24-41(40)48-42-28-26-36-35-20-10-12-22-39(35)46(43(36)44(42)47)33-18-7-4-8-19-33/h3-9,11,13-29H,10,12H2,1-2H3. The smallest absolute Gasteiger partial charge is 0.241 e. The summed E-state index contributed by atoms with van der Waals surface area (Å²) in [6.07, 6.45) is 7.00. The van der Waals surface area contributed by atoms with Crippen LogP contribution >= 0.6 is 11.8 Å². The molecule has 6 aromatic carbocycles. The average Bonchev–Trinajstić information content (AvgIpc) is 3.47. The third kappa shape index (κ3) is 4.66. The highest BCUT2D eigenvalue weighted by Crippen LogP contribution is 2.53. The molecule has 0 atom stereocenters. The van der Waals surface area contributed by atoms with E-state index < -0.39 is 0 Å². The zero-order chi connectivity index (χ0) is 32.2. The van der Waals surface area contributed by atoms with E-state index in [-0.39, 0.29) is 6.71 Å². The highest BCUT2D eigenvalue weighted by atomic mass is 32.2. The fraction of sp³-hybridized carbons (Fsp3) is 0.0909. The van der Waals surface area contributed by atoms with Crippen LogP contribution in [0.2, 0.25) is 0 Å². The lowest BCUT2D eigenvalue weighted by Crippen LogP contribution is -2.53. The number of nitrogens with zero attached hydrogens (tertiary/aromatic N) is 2. The van der Waals surface area contributed by atoms with Gasteiger partial charge in [0.15, 0.2) is 0 Å². The lowest BCUT2D eigenvalue weighted by Gasteiger charge is -2.34. The van der Waals surface area contributed by atoms with Gasteiger partial charge in [-0.25, -0.2) is 0 Å². The molecule has 0 saturated carbocycles. The third-order valence-electron chi connectivity index (χ3n) is 10.0. The molecule has 1 aromatic heterocycles. The number of hydrogen-bond donors (Lipinski definition) is 0. The van der Waals surface area contributed by atoms with Gasteiger partial charge in [-0.05, 0) is 69.2 Å². The quantitative estimate of drug-likeness (QED) is 0.177. The second-order valence-electron chi connectivity index (χ2n) is 12.9. The predicted molar refractivity (Wildman–Crippen MR) is 207 cm³/mol. The average molecular weight is 635 g/mol. The van der Waals surface area contributed by atoms with Crippen LogP contribution in [0, 0.1) is 13.8 Å². The number of aryl methyl sites for hydroxylation is 2. The first-order chi connectivity index (χ1) is 23.7. The Kier molecular flexibility index (Phi) is 7.13. The van der Waals surface area contributed by atoms with Crippen LogP contribution in [-0.4, -0.2) is 11.3 Å². The first kappa shape index (κ1) is 29.0. The number of anilines is 3. The van der Waals surface area contributed by atoms with E-state index in [2.05, 4.69) is 175 Å². The summed E-state index contributed by atoms with van der Waals surface area (Å²) in [6, 6.07) is 51.4. The van der Waals surface area contributed by atoms with Crippen molar-refractivity contribution in [2.24, 2.45) is 0 Å². The summed E-state index contributed by atoms with van der Waals surface area (Å²) >= 11 is 1.88. The Morgan fingerprint density at radius 3 is 2.10 bits per heavy atom. The molecule has 230 valence electrons. The van der Waals surface area contributed by atoms with Gasteiger partial charge in [0.25, 0.3) is 0 Å². The molecule has 48 heavy (non-hydrogen) atoms. The Morgan fingerprint density at radius 1 is 0.583 bits per heavy atom. The van der Waals surface area contributed by atoms with Gasteiger partial charge < -0.3 is 9.47 Å². The monoisotopic (exact) mass is 634 g/mol. The van der Waals surface area contributed by atoms with Crippen molar-refractivity contribution in [2.75, 3.05) is 4.90 Å². The molecule has 0 fully saturated rings. The van der Waals surface area contributed by atoms with Crippen LogP contribution in [0.15, 0.2) is 149 Å². The minimum Gasteiger partial charge on any atom is -0.308 e. The summed E-state index contributed by atoms with van der Waals surface area (Å²) in [5.74, 6) is 0. The normalized spacial score (nSPS) is 13.2. The number of aromatic nitrogens is 1. The Labute approximate surface area is 286 Å². The van der Waals surface area contributed by atoms with E-state index in [4.69, 9.17) is 0 Å². The van der Waals surface area contributed by atoms with Crippen LogP contribution in [0.4, 0.5) is 17.1 Å². The van der Waals surface area contributed by atoms with Crippen molar-refractivity contribution in [1.29, 1.82) is 0 Å². The van der Waals surface area contributed by atoms with Crippen LogP contribution in [0.25, 0.3) is 28.7 Å². The highest BCUT2D eigenvalue weighted by Gasteiger charge is 2.31. The number of hydrogen-bond acceptors (Lipinski definition) is 2. The van der Waals surface area contributed by atoms with Crippen LogP contribution in [0.1, 0.15) is 24.0 Å². The lowest BCUT2D eigenvalue weighted by atomic mass is 9.35. The molecule has 2 heterocycles. The number of benzene rings is 6. The fourth-order valence-electron chi connectivity index (χ4n) is 7.83. The molecule has 2 aliphatic rings. The van der Waals surface area contributed by atoms with Crippen LogP contribution in [-0.2, 0) is 0 Å². The van der Waals surface area contributed by atoms with Crippen molar-refractivity contribution in [2.45, 2.75) is 36.5 Å². The second kappa shape index (κ2) is 11.8. The molecule has 0 spiro atoms. The lowest BCUT2D eigenvalue weighted by molar-refractivity contribution is 1.02. The van der Waals surface area contributed by atoms with Crippen molar-refractivity contribution in [1.82, 2.24) is 4.57 Å². The van der Waals surface area contributed by atoms with Gasteiger partial charge in [-0.3, -0.25) is 0 Å². The Morgan fingerprint density at radius 2 is 1.29 bits per heavy atom. The first-order valence-corrected chi connectivity index (χ1v) is 17.7. The van der Waals surface area contributed by atoms with Gasteiger partial charge in [-0.2, -0.15) is 0 Å². The molecular formula is C44H35BN2S. The SMILES string of the molecule is Cc1ccccc1B(c1ccccc1)c1ccc(N2c3ccccc3Sc3ccc4c5c(n(-c6ccccc6)c4c32)=CCCC=5)cc1C. The zero-order valence-electron chi connectivity index (χ0n) is 27.2. The van der Waals surface area contributed by atoms with Crippen molar-refractivity contribution in [3.05, 3.63) is 161 Å². The molecule has 7 aromatic rings. The summed E-state index contributed by atoms with van der Waals surface area (Å²) in [5.41, 5.74) is 12.7. The largest absolute Gasteiger partial charge is 0.308 e. The third-order valence-corrected chi connectivity index (χ3v) is 11.1. The molecule has 0 N–H and O–H groups in total. The van der Waals surface area contributed by atoms with Gasteiger partial charge >= 0.3 is 0 Å². The van der Waals surface area contributed by atoms with E-state index in [1.807, 2.05) is 11.8 Å².